The second kappa shape index (κ2) is 6.22. The minimum atomic E-state index is -1.80. The zero-order chi connectivity index (χ0) is 19.2. The third kappa shape index (κ3) is 2.49. The molecule has 0 amide bonds. The smallest absolute Gasteiger partial charge is 0.301 e. The van der Waals surface area contributed by atoms with Crippen LogP contribution >= 0.6 is 0 Å². The lowest BCUT2D eigenvalue weighted by atomic mass is 9.90. The minimum absolute atomic E-state index is 0.00508. The standard InChI is InChI=1S/C14H18FN7O4/c1-6(23)8-9(24)14(17,3-2-4-15)12(26-8)21-5-19-7-10(21)20-13(16)22(18)11(7)25/h5-6,8-9,12,23-24H,4,17-18H2,1H3,(H2,16,20)/t6-,8+,9?,12+,14+/m0/s1. The van der Waals surface area contributed by atoms with Gasteiger partial charge in [-0.1, -0.05) is 11.8 Å². The van der Waals surface area contributed by atoms with E-state index in [1.807, 2.05) is 0 Å². The van der Waals surface area contributed by atoms with Crippen molar-refractivity contribution in [2.75, 3.05) is 18.3 Å². The van der Waals surface area contributed by atoms with E-state index in [0.29, 0.717) is 4.68 Å². The first-order chi connectivity index (χ1) is 12.2. The summed E-state index contributed by atoms with van der Waals surface area (Å²) >= 11 is 0. The van der Waals surface area contributed by atoms with Crippen molar-refractivity contribution in [3.8, 4) is 11.8 Å². The van der Waals surface area contributed by atoms with Crippen LogP contribution in [0.1, 0.15) is 13.2 Å². The molecule has 140 valence electrons. The van der Waals surface area contributed by atoms with Crippen molar-refractivity contribution in [1.82, 2.24) is 19.2 Å². The normalized spacial score (nSPS) is 29.5. The van der Waals surface area contributed by atoms with Crippen molar-refractivity contribution in [2.45, 2.75) is 37.0 Å². The summed E-state index contributed by atoms with van der Waals surface area (Å²) in [5.41, 5.74) is 9.21. The number of halogens is 1. The highest BCUT2D eigenvalue weighted by Crippen LogP contribution is 2.38. The van der Waals surface area contributed by atoms with Crippen molar-refractivity contribution < 1.29 is 19.3 Å². The number of aliphatic hydroxyl groups excluding tert-OH is 2. The number of hydrogen-bond acceptors (Lipinski definition) is 9. The molecular formula is C14H18FN7O4. The Morgan fingerprint density at radius 3 is 2.88 bits per heavy atom. The van der Waals surface area contributed by atoms with E-state index in [1.54, 1.807) is 0 Å². The molecule has 1 saturated heterocycles. The number of fused-ring (bicyclic) bond motifs is 1. The van der Waals surface area contributed by atoms with Crippen LogP contribution in [-0.4, -0.2) is 59.9 Å². The van der Waals surface area contributed by atoms with Gasteiger partial charge in [0.2, 0.25) is 5.95 Å². The van der Waals surface area contributed by atoms with E-state index in [-0.39, 0.29) is 17.1 Å². The number of imidazole rings is 1. The number of aliphatic hydroxyl groups is 2. The molecule has 1 unspecified atom stereocenters. The number of alkyl halides is 1. The molecule has 11 nitrogen and oxygen atoms in total. The van der Waals surface area contributed by atoms with Crippen molar-refractivity contribution in [1.29, 1.82) is 0 Å². The van der Waals surface area contributed by atoms with Gasteiger partial charge in [-0.2, -0.15) is 9.66 Å². The molecular weight excluding hydrogens is 349 g/mol. The van der Waals surface area contributed by atoms with Gasteiger partial charge in [-0.15, -0.1) is 0 Å². The molecule has 3 rings (SSSR count). The first kappa shape index (κ1) is 18.1. The van der Waals surface area contributed by atoms with Crippen molar-refractivity contribution in [3.05, 3.63) is 16.7 Å². The van der Waals surface area contributed by atoms with Gasteiger partial charge in [0.15, 0.2) is 22.9 Å². The topological polar surface area (TPSA) is 180 Å². The maximum atomic E-state index is 12.6. The Kier molecular flexibility index (Phi) is 4.32. The number of nitrogens with two attached hydrogens (primary N) is 3. The Hall–Kier alpha value is -2.72. The molecule has 1 aliphatic heterocycles. The van der Waals surface area contributed by atoms with Gasteiger partial charge in [-0.05, 0) is 6.92 Å². The van der Waals surface area contributed by atoms with Gasteiger partial charge in [0.25, 0.3) is 0 Å². The van der Waals surface area contributed by atoms with Crippen molar-refractivity contribution >= 4 is 17.1 Å². The summed E-state index contributed by atoms with van der Waals surface area (Å²) in [6, 6.07) is 0. The van der Waals surface area contributed by atoms with Gasteiger partial charge in [0.05, 0.1) is 12.4 Å². The molecule has 0 spiro atoms. The summed E-state index contributed by atoms with van der Waals surface area (Å²) in [6.07, 6.45) is -3.68. The monoisotopic (exact) mass is 367 g/mol. The molecule has 12 heteroatoms. The van der Waals surface area contributed by atoms with E-state index in [1.165, 1.54) is 17.8 Å². The van der Waals surface area contributed by atoms with Gasteiger partial charge >= 0.3 is 5.56 Å². The first-order valence-electron chi connectivity index (χ1n) is 7.59. The van der Waals surface area contributed by atoms with Crippen LogP contribution < -0.4 is 22.9 Å². The fourth-order valence-corrected chi connectivity index (χ4v) is 2.92. The fourth-order valence-electron chi connectivity index (χ4n) is 2.92. The summed E-state index contributed by atoms with van der Waals surface area (Å²) < 4.78 is 20.1. The van der Waals surface area contributed by atoms with Crippen molar-refractivity contribution in [2.24, 2.45) is 5.73 Å². The maximum Gasteiger partial charge on any atom is 0.301 e. The molecule has 0 aromatic carbocycles. The molecule has 26 heavy (non-hydrogen) atoms. The van der Waals surface area contributed by atoms with Crippen LogP contribution in [0, 0.1) is 11.8 Å². The number of ether oxygens (including phenoxy) is 1. The lowest BCUT2D eigenvalue weighted by Crippen LogP contribution is -2.54. The van der Waals surface area contributed by atoms with Gasteiger partial charge in [0, 0.05) is 0 Å². The largest absolute Gasteiger partial charge is 0.391 e. The van der Waals surface area contributed by atoms with Gasteiger partial charge in [-0.25, -0.2) is 9.37 Å². The Morgan fingerprint density at radius 2 is 2.27 bits per heavy atom. The van der Waals surface area contributed by atoms with Crippen LogP contribution in [0.4, 0.5) is 10.3 Å². The van der Waals surface area contributed by atoms with Crippen LogP contribution in [0.25, 0.3) is 11.2 Å². The predicted molar refractivity (Wildman–Crippen MR) is 88.6 cm³/mol. The molecule has 3 heterocycles. The van der Waals surface area contributed by atoms with E-state index in [9.17, 15) is 19.4 Å². The van der Waals surface area contributed by atoms with Gasteiger partial charge < -0.3 is 32.3 Å². The van der Waals surface area contributed by atoms with Crippen LogP contribution in [-0.2, 0) is 4.74 Å². The lowest BCUT2D eigenvalue weighted by Gasteiger charge is -2.27. The lowest BCUT2D eigenvalue weighted by molar-refractivity contribution is -0.0756. The quantitative estimate of drug-likeness (QED) is 0.277. The van der Waals surface area contributed by atoms with E-state index in [2.05, 4.69) is 21.8 Å². The maximum absolute atomic E-state index is 12.6. The van der Waals surface area contributed by atoms with E-state index in [4.69, 9.17) is 22.0 Å². The van der Waals surface area contributed by atoms with E-state index < -0.39 is 42.3 Å². The molecule has 0 bridgehead atoms. The SMILES string of the molecule is C[C@H](O)[C@H]1O[C@@H](n2cnc3c(=O)n(N)c(N)nc32)[C@@](N)(C#CCF)C1O. The molecule has 0 aliphatic carbocycles. The average Bonchev–Trinajstić information content (AvgIpc) is 3.11. The molecule has 2 aromatic heterocycles. The average molecular weight is 367 g/mol. The second-order valence-electron chi connectivity index (χ2n) is 5.98. The van der Waals surface area contributed by atoms with Crippen molar-refractivity contribution in [3.63, 3.8) is 0 Å². The molecule has 8 N–H and O–H groups in total. The van der Waals surface area contributed by atoms with Crippen LogP contribution in [0.2, 0.25) is 0 Å². The molecule has 5 atom stereocenters. The molecule has 2 aromatic rings. The van der Waals surface area contributed by atoms with Gasteiger partial charge in [-0.3, -0.25) is 9.36 Å². The van der Waals surface area contributed by atoms with Gasteiger partial charge in [0.1, 0.15) is 18.9 Å². The number of nitrogens with zero attached hydrogens (tertiary/aromatic N) is 4. The fraction of sp³-hybridized carbons (Fsp3) is 0.500. The molecule has 0 saturated carbocycles. The third-order valence-corrected chi connectivity index (χ3v) is 4.25. The summed E-state index contributed by atoms with van der Waals surface area (Å²) in [7, 11) is 0. The Morgan fingerprint density at radius 1 is 1.58 bits per heavy atom. The zero-order valence-corrected chi connectivity index (χ0v) is 13.7. The Bertz CT molecular complexity index is 962. The van der Waals surface area contributed by atoms with E-state index >= 15 is 0 Å². The highest BCUT2D eigenvalue weighted by Gasteiger charge is 2.56. The predicted octanol–water partition coefficient (Wildman–Crippen LogP) is -2.80. The van der Waals surface area contributed by atoms with Crippen LogP contribution in [0.5, 0.6) is 0 Å². The summed E-state index contributed by atoms with van der Waals surface area (Å²) in [5, 5.41) is 20.3. The number of anilines is 1. The zero-order valence-electron chi connectivity index (χ0n) is 13.7. The number of rotatable bonds is 2. The third-order valence-electron chi connectivity index (χ3n) is 4.25. The minimum Gasteiger partial charge on any atom is -0.391 e. The van der Waals surface area contributed by atoms with Crippen LogP contribution in [0.3, 0.4) is 0 Å². The number of nitrogen functional groups attached to an aromatic ring is 2. The Balaban J connectivity index is 2.21. The van der Waals surface area contributed by atoms with Crippen LogP contribution in [0.15, 0.2) is 11.1 Å². The number of hydrogen-bond donors (Lipinski definition) is 5. The first-order valence-corrected chi connectivity index (χ1v) is 7.59. The number of aromatic nitrogens is 4. The molecule has 1 aliphatic rings. The second-order valence-corrected chi connectivity index (χ2v) is 5.98. The van der Waals surface area contributed by atoms with E-state index in [0.717, 1.165) is 0 Å². The highest BCUT2D eigenvalue weighted by atomic mass is 19.1. The molecule has 1 fully saturated rings. The highest BCUT2D eigenvalue weighted by molar-refractivity contribution is 5.71. The summed E-state index contributed by atoms with van der Waals surface area (Å²) in [4.78, 5) is 20.1. The summed E-state index contributed by atoms with van der Waals surface area (Å²) in [5.74, 6) is 9.80. The Labute approximate surface area is 146 Å². The molecule has 0 radical (unpaired) electrons. The summed E-state index contributed by atoms with van der Waals surface area (Å²) in [6.45, 7) is 0.403.